The molecule has 2 N–H and O–H groups in total. The van der Waals surface area contributed by atoms with Crippen LogP contribution in [0, 0.1) is 0 Å². The summed E-state index contributed by atoms with van der Waals surface area (Å²) in [5.41, 5.74) is 5.75. The van der Waals surface area contributed by atoms with Crippen molar-refractivity contribution in [3.63, 3.8) is 0 Å². The van der Waals surface area contributed by atoms with Gasteiger partial charge in [0, 0.05) is 18.3 Å². The van der Waals surface area contributed by atoms with Crippen molar-refractivity contribution < 1.29 is 4.79 Å². The monoisotopic (exact) mass is 300 g/mol. The lowest BCUT2D eigenvalue weighted by molar-refractivity contribution is 0.1000. The van der Waals surface area contributed by atoms with Crippen molar-refractivity contribution in [3.8, 4) is 0 Å². The van der Waals surface area contributed by atoms with Crippen LogP contribution in [0.25, 0.3) is 0 Å². The maximum atomic E-state index is 11.5. The molecule has 1 aromatic heterocycles. The summed E-state index contributed by atoms with van der Waals surface area (Å²) in [5.74, 6) is 0.0367. The Morgan fingerprint density at radius 3 is 3.00 bits per heavy atom. The Morgan fingerprint density at radius 2 is 2.32 bits per heavy atom. The fourth-order valence-corrected chi connectivity index (χ4v) is 3.14. The molecule has 0 spiro atoms. The zero-order chi connectivity index (χ0) is 13.8. The zero-order valence-corrected chi connectivity index (χ0v) is 12.4. The maximum Gasteiger partial charge on any atom is 0.252 e. The van der Waals surface area contributed by atoms with Gasteiger partial charge in [-0.2, -0.15) is 11.8 Å². The van der Waals surface area contributed by atoms with E-state index in [9.17, 15) is 4.79 Å². The summed E-state index contributed by atoms with van der Waals surface area (Å²) in [6.07, 6.45) is 5.57. The molecule has 0 bridgehead atoms. The topological polar surface area (TPSA) is 72.1 Å². The molecule has 0 aromatic carbocycles. The van der Waals surface area contributed by atoms with Gasteiger partial charge in [0.05, 0.1) is 5.56 Å². The number of rotatable bonds is 3. The van der Waals surface area contributed by atoms with Gasteiger partial charge in [0.15, 0.2) is 11.0 Å². The molecular weight excluding hydrogens is 284 g/mol. The first-order valence-corrected chi connectivity index (χ1v) is 7.89. The number of nitrogens with two attached hydrogens (primary N) is 1. The summed E-state index contributed by atoms with van der Waals surface area (Å²) in [4.78, 5) is 13.6. The SMILES string of the molecule is CSC1CCCCN(c2nnc(Cl)cc2C(N)=O)C1. The van der Waals surface area contributed by atoms with E-state index in [-0.39, 0.29) is 5.15 Å². The first-order valence-electron chi connectivity index (χ1n) is 6.22. The van der Waals surface area contributed by atoms with E-state index in [2.05, 4.69) is 21.4 Å². The second-order valence-corrected chi connectivity index (χ2v) is 6.09. The van der Waals surface area contributed by atoms with Crippen LogP contribution < -0.4 is 10.6 Å². The normalized spacial score (nSPS) is 20.1. The Kier molecular flexibility index (Phi) is 4.87. The number of hydrogen-bond acceptors (Lipinski definition) is 5. The van der Waals surface area contributed by atoms with Crippen LogP contribution in [0.3, 0.4) is 0 Å². The minimum absolute atomic E-state index is 0.189. The molecule has 0 saturated carbocycles. The van der Waals surface area contributed by atoms with Crippen LogP contribution in [0.1, 0.15) is 29.6 Å². The summed E-state index contributed by atoms with van der Waals surface area (Å²) in [7, 11) is 0. The Labute approximate surface area is 121 Å². The average Bonchev–Trinajstić information content (AvgIpc) is 2.63. The number of carbonyl (C=O) groups is 1. The molecule has 0 aliphatic carbocycles. The molecule has 0 radical (unpaired) electrons. The maximum absolute atomic E-state index is 11.5. The smallest absolute Gasteiger partial charge is 0.252 e. The van der Waals surface area contributed by atoms with Gasteiger partial charge in [-0.05, 0) is 25.2 Å². The predicted molar refractivity (Wildman–Crippen MR) is 78.9 cm³/mol. The van der Waals surface area contributed by atoms with E-state index in [1.807, 2.05) is 11.8 Å². The summed E-state index contributed by atoms with van der Waals surface area (Å²) >= 11 is 7.63. The number of thioether (sulfide) groups is 1. The first kappa shape index (κ1) is 14.4. The lowest BCUT2D eigenvalue weighted by Gasteiger charge is -2.25. The summed E-state index contributed by atoms with van der Waals surface area (Å²) < 4.78 is 0. The Balaban J connectivity index is 2.31. The molecule has 1 atom stereocenters. The van der Waals surface area contributed by atoms with Gasteiger partial charge in [-0.15, -0.1) is 10.2 Å². The number of nitrogens with zero attached hydrogens (tertiary/aromatic N) is 3. The van der Waals surface area contributed by atoms with Gasteiger partial charge in [-0.3, -0.25) is 4.79 Å². The van der Waals surface area contributed by atoms with Gasteiger partial charge in [0.2, 0.25) is 0 Å². The Bertz CT molecular complexity index is 471. The van der Waals surface area contributed by atoms with E-state index < -0.39 is 5.91 Å². The van der Waals surface area contributed by atoms with Crippen LogP contribution in [0.5, 0.6) is 0 Å². The minimum Gasteiger partial charge on any atom is -0.365 e. The van der Waals surface area contributed by atoms with Crippen LogP contribution in [0.2, 0.25) is 5.15 Å². The van der Waals surface area contributed by atoms with Gasteiger partial charge in [0.25, 0.3) is 5.91 Å². The highest BCUT2D eigenvalue weighted by Crippen LogP contribution is 2.26. The fraction of sp³-hybridized carbons (Fsp3) is 0.583. The molecule has 104 valence electrons. The Morgan fingerprint density at radius 1 is 1.53 bits per heavy atom. The van der Waals surface area contributed by atoms with Crippen LogP contribution in [-0.2, 0) is 0 Å². The quantitative estimate of drug-likeness (QED) is 0.924. The molecule has 7 heteroatoms. The third kappa shape index (κ3) is 3.51. The number of carbonyl (C=O) groups excluding carboxylic acids is 1. The molecule has 19 heavy (non-hydrogen) atoms. The van der Waals surface area contributed by atoms with E-state index in [4.69, 9.17) is 17.3 Å². The summed E-state index contributed by atoms with van der Waals surface area (Å²) in [6, 6.07) is 1.49. The Hall–Kier alpha value is -1.01. The summed E-state index contributed by atoms with van der Waals surface area (Å²) in [5, 5.41) is 8.64. The molecular formula is C12H17ClN4OS. The van der Waals surface area contributed by atoms with Gasteiger partial charge < -0.3 is 10.6 Å². The van der Waals surface area contributed by atoms with E-state index in [0.29, 0.717) is 16.6 Å². The molecule has 2 rings (SSSR count). The van der Waals surface area contributed by atoms with Gasteiger partial charge in [-0.25, -0.2) is 0 Å². The second kappa shape index (κ2) is 6.43. The highest BCUT2D eigenvalue weighted by molar-refractivity contribution is 7.99. The molecule has 1 saturated heterocycles. The van der Waals surface area contributed by atoms with Crippen molar-refractivity contribution in [3.05, 3.63) is 16.8 Å². The molecule has 2 heterocycles. The standard InChI is InChI=1S/C12H17ClN4OS/c1-19-8-4-2-3-5-17(7-8)12-9(11(14)18)6-10(13)15-16-12/h6,8H,2-5,7H2,1H3,(H2,14,18). The van der Waals surface area contributed by atoms with Gasteiger partial charge >= 0.3 is 0 Å². The van der Waals surface area contributed by atoms with Crippen molar-refractivity contribution in [1.82, 2.24) is 10.2 Å². The van der Waals surface area contributed by atoms with E-state index in [0.717, 1.165) is 19.5 Å². The molecule has 1 aromatic rings. The number of anilines is 1. The molecule has 1 fully saturated rings. The summed E-state index contributed by atoms with van der Waals surface area (Å²) in [6.45, 7) is 1.73. The first-order chi connectivity index (χ1) is 9.11. The molecule has 1 aliphatic rings. The van der Waals surface area contributed by atoms with E-state index >= 15 is 0 Å². The lowest BCUT2D eigenvalue weighted by Crippen LogP contribution is -2.32. The third-order valence-electron chi connectivity index (χ3n) is 3.27. The van der Waals surface area contributed by atoms with Crippen LogP contribution >= 0.6 is 23.4 Å². The highest BCUT2D eigenvalue weighted by Gasteiger charge is 2.23. The van der Waals surface area contributed by atoms with Crippen molar-refractivity contribution in [2.45, 2.75) is 24.5 Å². The van der Waals surface area contributed by atoms with Gasteiger partial charge in [-0.1, -0.05) is 18.0 Å². The molecule has 1 unspecified atom stereocenters. The number of halogens is 1. The van der Waals surface area contributed by atoms with Crippen molar-refractivity contribution in [2.75, 3.05) is 24.2 Å². The number of aromatic nitrogens is 2. The second-order valence-electron chi connectivity index (χ2n) is 4.57. The van der Waals surface area contributed by atoms with Crippen LogP contribution in [0.4, 0.5) is 5.82 Å². The lowest BCUT2D eigenvalue weighted by atomic mass is 10.2. The van der Waals surface area contributed by atoms with Crippen LogP contribution in [-0.4, -0.2) is 40.7 Å². The zero-order valence-electron chi connectivity index (χ0n) is 10.8. The largest absolute Gasteiger partial charge is 0.365 e. The van der Waals surface area contributed by atoms with E-state index in [1.54, 1.807) is 0 Å². The number of hydrogen-bond donors (Lipinski definition) is 1. The predicted octanol–water partition coefficient (Wildman–Crippen LogP) is 1.95. The third-order valence-corrected chi connectivity index (χ3v) is 4.51. The van der Waals surface area contributed by atoms with Crippen molar-refractivity contribution in [2.24, 2.45) is 5.73 Å². The van der Waals surface area contributed by atoms with Crippen LogP contribution in [0.15, 0.2) is 6.07 Å². The molecule has 1 aliphatic heterocycles. The van der Waals surface area contributed by atoms with Gasteiger partial charge in [0.1, 0.15) is 0 Å². The fourth-order valence-electron chi connectivity index (χ4n) is 2.26. The van der Waals surface area contributed by atoms with Crippen molar-refractivity contribution in [1.29, 1.82) is 0 Å². The van der Waals surface area contributed by atoms with Crippen molar-refractivity contribution >= 4 is 35.1 Å². The molecule has 5 nitrogen and oxygen atoms in total. The molecule has 1 amide bonds. The number of amides is 1. The average molecular weight is 301 g/mol. The van der Waals surface area contributed by atoms with E-state index in [1.165, 1.54) is 18.9 Å². The number of primary amides is 1. The minimum atomic E-state index is -0.517. The highest BCUT2D eigenvalue weighted by atomic mass is 35.5.